The highest BCUT2D eigenvalue weighted by molar-refractivity contribution is 6.21. The number of piperidine rings is 1. The molecule has 3 rings (SSSR count). The fourth-order valence-corrected chi connectivity index (χ4v) is 4.47. The lowest BCUT2D eigenvalue weighted by Gasteiger charge is -2.31. The average molecular weight is 432 g/mol. The number of nitrogens with one attached hydrogen (secondary N) is 1. The van der Waals surface area contributed by atoms with E-state index in [0.717, 1.165) is 23.5 Å². The number of anilines is 1. The SMILES string of the molecule is CCCCCCOc1ccc(N2C(=O)C[C@H]([NH+]3CCC(C(=O)OCC)CC3)C2=O)cc1. The third-order valence-corrected chi connectivity index (χ3v) is 6.25. The lowest BCUT2D eigenvalue weighted by atomic mass is 9.95. The zero-order valence-electron chi connectivity index (χ0n) is 18.7. The minimum Gasteiger partial charge on any atom is -0.494 e. The molecule has 170 valence electrons. The highest BCUT2D eigenvalue weighted by atomic mass is 16.5. The van der Waals surface area contributed by atoms with Crippen LogP contribution in [0.1, 0.15) is 58.8 Å². The van der Waals surface area contributed by atoms with Gasteiger partial charge in [-0.25, -0.2) is 4.90 Å². The largest absolute Gasteiger partial charge is 0.494 e. The van der Waals surface area contributed by atoms with Crippen LogP contribution >= 0.6 is 0 Å². The van der Waals surface area contributed by atoms with Crippen LogP contribution in [0.5, 0.6) is 5.75 Å². The first-order chi connectivity index (χ1) is 15.0. The van der Waals surface area contributed by atoms with Gasteiger partial charge in [-0.15, -0.1) is 0 Å². The number of imide groups is 1. The first kappa shape index (κ1) is 23.3. The number of ether oxygens (including phenoxy) is 2. The molecule has 2 fully saturated rings. The van der Waals surface area contributed by atoms with E-state index in [-0.39, 0.29) is 36.2 Å². The Morgan fingerprint density at radius 3 is 2.42 bits per heavy atom. The highest BCUT2D eigenvalue weighted by Gasteiger charge is 2.47. The smallest absolute Gasteiger partial charge is 0.309 e. The Balaban J connectivity index is 1.54. The van der Waals surface area contributed by atoms with Crippen LogP contribution in [0.2, 0.25) is 0 Å². The molecule has 2 aliphatic heterocycles. The number of carbonyl (C=O) groups is 3. The van der Waals surface area contributed by atoms with Crippen molar-refractivity contribution < 1.29 is 28.8 Å². The Labute approximate surface area is 184 Å². The van der Waals surface area contributed by atoms with Crippen molar-refractivity contribution >= 4 is 23.5 Å². The molecular weight excluding hydrogens is 396 g/mol. The van der Waals surface area contributed by atoms with Gasteiger partial charge in [-0.1, -0.05) is 26.2 Å². The van der Waals surface area contributed by atoms with Crippen molar-refractivity contribution in [3.63, 3.8) is 0 Å². The van der Waals surface area contributed by atoms with E-state index in [0.29, 0.717) is 44.8 Å². The Morgan fingerprint density at radius 2 is 1.77 bits per heavy atom. The van der Waals surface area contributed by atoms with E-state index in [2.05, 4.69) is 6.92 Å². The molecule has 0 bridgehead atoms. The second kappa shape index (κ2) is 11.3. The van der Waals surface area contributed by atoms with Crippen LogP contribution in [-0.2, 0) is 19.1 Å². The number of nitrogens with zero attached hydrogens (tertiary/aromatic N) is 1. The summed E-state index contributed by atoms with van der Waals surface area (Å²) in [5, 5.41) is 0. The number of carbonyl (C=O) groups excluding carboxylic acids is 3. The number of rotatable bonds is 10. The van der Waals surface area contributed by atoms with Gasteiger partial charge in [-0.2, -0.15) is 0 Å². The molecule has 0 spiro atoms. The Morgan fingerprint density at radius 1 is 1.06 bits per heavy atom. The maximum absolute atomic E-state index is 13.1. The number of hydrogen-bond donors (Lipinski definition) is 1. The van der Waals surface area contributed by atoms with Gasteiger partial charge in [0.25, 0.3) is 5.91 Å². The van der Waals surface area contributed by atoms with Crippen molar-refractivity contribution in [2.24, 2.45) is 5.92 Å². The van der Waals surface area contributed by atoms with Crippen LogP contribution in [0.4, 0.5) is 5.69 Å². The number of hydrogen-bond acceptors (Lipinski definition) is 5. The first-order valence-electron chi connectivity index (χ1n) is 11.7. The summed E-state index contributed by atoms with van der Waals surface area (Å²) in [6.07, 6.45) is 6.19. The van der Waals surface area contributed by atoms with E-state index in [9.17, 15) is 14.4 Å². The number of quaternary nitrogens is 1. The topological polar surface area (TPSA) is 77.3 Å². The predicted octanol–water partition coefficient (Wildman–Crippen LogP) is 2.14. The number of amides is 2. The van der Waals surface area contributed by atoms with Crippen molar-refractivity contribution in [2.75, 3.05) is 31.2 Å². The predicted molar refractivity (Wildman–Crippen MR) is 117 cm³/mol. The highest BCUT2D eigenvalue weighted by Crippen LogP contribution is 2.25. The molecule has 31 heavy (non-hydrogen) atoms. The van der Waals surface area contributed by atoms with Crippen LogP contribution in [-0.4, -0.2) is 50.1 Å². The first-order valence-corrected chi connectivity index (χ1v) is 11.7. The average Bonchev–Trinajstić information content (AvgIpc) is 3.08. The lowest BCUT2D eigenvalue weighted by Crippen LogP contribution is -3.17. The third kappa shape index (κ3) is 5.85. The van der Waals surface area contributed by atoms with Gasteiger partial charge in [0.15, 0.2) is 6.04 Å². The third-order valence-electron chi connectivity index (χ3n) is 6.25. The molecule has 1 aromatic carbocycles. The van der Waals surface area contributed by atoms with E-state index in [1.807, 2.05) is 19.1 Å². The summed E-state index contributed by atoms with van der Waals surface area (Å²) in [6.45, 7) is 6.45. The summed E-state index contributed by atoms with van der Waals surface area (Å²) < 4.78 is 10.9. The number of benzene rings is 1. The summed E-state index contributed by atoms with van der Waals surface area (Å²) in [5.41, 5.74) is 0.594. The number of esters is 1. The molecule has 0 unspecified atom stereocenters. The van der Waals surface area contributed by atoms with Crippen molar-refractivity contribution in [1.82, 2.24) is 0 Å². The van der Waals surface area contributed by atoms with Gasteiger partial charge in [0.1, 0.15) is 5.75 Å². The molecule has 7 nitrogen and oxygen atoms in total. The molecule has 2 saturated heterocycles. The van der Waals surface area contributed by atoms with Crippen LogP contribution < -0.4 is 14.5 Å². The molecule has 2 heterocycles. The fraction of sp³-hybridized carbons (Fsp3) is 0.625. The van der Waals surface area contributed by atoms with Crippen molar-refractivity contribution in [3.05, 3.63) is 24.3 Å². The lowest BCUT2D eigenvalue weighted by molar-refractivity contribution is -0.920. The van der Waals surface area contributed by atoms with Gasteiger partial charge in [-0.3, -0.25) is 14.4 Å². The second-order valence-electron chi connectivity index (χ2n) is 8.41. The number of unbranched alkanes of at least 4 members (excludes halogenated alkanes) is 3. The van der Waals surface area contributed by atoms with Crippen molar-refractivity contribution in [2.45, 2.75) is 64.8 Å². The van der Waals surface area contributed by atoms with E-state index in [4.69, 9.17) is 9.47 Å². The maximum atomic E-state index is 13.1. The summed E-state index contributed by atoms with van der Waals surface area (Å²) in [4.78, 5) is 40.0. The molecule has 1 aromatic rings. The summed E-state index contributed by atoms with van der Waals surface area (Å²) in [6, 6.07) is 6.83. The normalized spacial score (nSPS) is 23.8. The molecule has 0 radical (unpaired) electrons. The molecule has 7 heteroatoms. The summed E-state index contributed by atoms with van der Waals surface area (Å²) in [7, 11) is 0. The minimum atomic E-state index is -0.370. The zero-order chi connectivity index (χ0) is 22.2. The summed E-state index contributed by atoms with van der Waals surface area (Å²) in [5.74, 6) is 0.194. The zero-order valence-corrected chi connectivity index (χ0v) is 18.7. The standard InChI is InChI=1S/C24H34N2O5/c1-3-5-6-7-16-31-20-10-8-19(9-11-20)26-22(27)17-21(23(26)28)25-14-12-18(13-15-25)24(29)30-4-2/h8-11,18,21H,3-7,12-17H2,1-2H3/p+1/t21-/m0/s1. The van der Waals surface area contributed by atoms with E-state index in [1.165, 1.54) is 17.7 Å². The molecule has 2 aliphatic rings. The van der Waals surface area contributed by atoms with Gasteiger partial charge in [-0.05, 0) is 37.6 Å². The van der Waals surface area contributed by atoms with Gasteiger partial charge in [0.2, 0.25) is 5.91 Å². The molecular formula is C24H35N2O5+. The van der Waals surface area contributed by atoms with Crippen LogP contribution in [0.15, 0.2) is 24.3 Å². The molecule has 0 aromatic heterocycles. The van der Waals surface area contributed by atoms with E-state index in [1.54, 1.807) is 12.1 Å². The molecule has 0 saturated carbocycles. The van der Waals surface area contributed by atoms with E-state index >= 15 is 0 Å². The van der Waals surface area contributed by atoms with Crippen LogP contribution in [0.25, 0.3) is 0 Å². The molecule has 0 aliphatic carbocycles. The number of likely N-dealkylation sites (tertiary alicyclic amines) is 1. The van der Waals surface area contributed by atoms with Crippen molar-refractivity contribution in [3.8, 4) is 5.75 Å². The maximum Gasteiger partial charge on any atom is 0.309 e. The van der Waals surface area contributed by atoms with Crippen LogP contribution in [0.3, 0.4) is 0 Å². The van der Waals surface area contributed by atoms with Crippen LogP contribution in [0, 0.1) is 5.92 Å². The Bertz CT molecular complexity index is 756. The quantitative estimate of drug-likeness (QED) is 0.349. The van der Waals surface area contributed by atoms with Gasteiger partial charge in [0, 0.05) is 12.8 Å². The molecule has 1 atom stereocenters. The molecule has 1 N–H and O–H groups in total. The second-order valence-corrected chi connectivity index (χ2v) is 8.41. The Kier molecular flexibility index (Phi) is 8.46. The van der Waals surface area contributed by atoms with Gasteiger partial charge in [0.05, 0.1) is 44.3 Å². The minimum absolute atomic E-state index is 0.0958. The van der Waals surface area contributed by atoms with Gasteiger partial charge < -0.3 is 14.4 Å². The molecule has 2 amide bonds. The fourth-order valence-electron chi connectivity index (χ4n) is 4.47. The van der Waals surface area contributed by atoms with E-state index < -0.39 is 0 Å². The summed E-state index contributed by atoms with van der Waals surface area (Å²) >= 11 is 0. The Hall–Kier alpha value is -2.41. The van der Waals surface area contributed by atoms with Crippen molar-refractivity contribution in [1.29, 1.82) is 0 Å². The van der Waals surface area contributed by atoms with Gasteiger partial charge >= 0.3 is 5.97 Å². The monoisotopic (exact) mass is 431 g/mol.